The molecule has 0 heterocycles. The Balaban J connectivity index is 2.99. The van der Waals surface area contributed by atoms with Crippen LogP contribution in [-0.2, 0) is 0 Å². The highest BCUT2D eigenvalue weighted by molar-refractivity contribution is 9.10. The van der Waals surface area contributed by atoms with E-state index < -0.39 is 4.92 Å². The van der Waals surface area contributed by atoms with Crippen molar-refractivity contribution < 1.29 is 4.92 Å². The van der Waals surface area contributed by atoms with Crippen molar-refractivity contribution in [1.29, 1.82) is 0 Å². The molecular formula is C12H13BrN2O2. The molecule has 0 aliphatic rings. The lowest BCUT2D eigenvalue weighted by Crippen LogP contribution is -2.18. The van der Waals surface area contributed by atoms with E-state index in [1.54, 1.807) is 12.1 Å². The Hall–Kier alpha value is -1.54. The zero-order valence-electron chi connectivity index (χ0n) is 9.44. The molecule has 0 bridgehead atoms. The fraction of sp³-hybridized carbons (Fsp3) is 0.333. The van der Waals surface area contributed by atoms with Gasteiger partial charge in [-0.25, -0.2) is 0 Å². The Labute approximate surface area is 109 Å². The first-order valence-corrected chi connectivity index (χ1v) is 6.01. The van der Waals surface area contributed by atoms with Crippen molar-refractivity contribution in [2.45, 2.75) is 25.8 Å². The second-order valence-corrected chi connectivity index (χ2v) is 4.49. The summed E-state index contributed by atoms with van der Waals surface area (Å²) in [5.41, 5.74) is 0.551. The van der Waals surface area contributed by atoms with E-state index in [-0.39, 0.29) is 11.7 Å². The van der Waals surface area contributed by atoms with E-state index in [0.29, 0.717) is 12.1 Å². The van der Waals surface area contributed by atoms with Crippen LogP contribution in [0.2, 0.25) is 0 Å². The first-order chi connectivity index (χ1) is 8.08. The average molecular weight is 297 g/mol. The second-order valence-electron chi connectivity index (χ2n) is 3.58. The third-order valence-corrected chi connectivity index (χ3v) is 2.87. The number of terminal acetylenes is 1. The number of benzene rings is 1. The molecule has 0 fully saturated rings. The van der Waals surface area contributed by atoms with Gasteiger partial charge in [-0.1, -0.05) is 22.9 Å². The predicted molar refractivity (Wildman–Crippen MR) is 71.9 cm³/mol. The lowest BCUT2D eigenvalue weighted by Gasteiger charge is -2.15. The maximum absolute atomic E-state index is 10.9. The first-order valence-electron chi connectivity index (χ1n) is 5.22. The molecule has 0 spiro atoms. The summed E-state index contributed by atoms with van der Waals surface area (Å²) in [5.74, 6) is 2.56. The molecule has 0 radical (unpaired) electrons. The number of nitro groups is 1. The van der Waals surface area contributed by atoms with Gasteiger partial charge in [0.1, 0.15) is 5.69 Å². The fourth-order valence-corrected chi connectivity index (χ4v) is 1.80. The van der Waals surface area contributed by atoms with Gasteiger partial charge in [0.15, 0.2) is 0 Å². The van der Waals surface area contributed by atoms with Crippen molar-refractivity contribution in [3.05, 3.63) is 32.8 Å². The monoisotopic (exact) mass is 296 g/mol. The molecule has 0 saturated carbocycles. The number of hydrogen-bond acceptors (Lipinski definition) is 3. The molecule has 0 saturated heterocycles. The molecule has 0 aliphatic carbocycles. The van der Waals surface area contributed by atoms with Crippen LogP contribution in [0.5, 0.6) is 0 Å². The standard InChI is InChI=1S/C12H13BrN2O2/c1-3-5-10(4-2)14-11-8-9(13)6-7-12(11)15(16)17/h1,6-8,10,14H,4-5H2,2H3. The average Bonchev–Trinajstić information content (AvgIpc) is 2.28. The number of rotatable bonds is 5. The van der Waals surface area contributed by atoms with Gasteiger partial charge in [0.2, 0.25) is 0 Å². The Bertz CT molecular complexity index is 454. The number of halogens is 1. The summed E-state index contributed by atoms with van der Waals surface area (Å²) >= 11 is 3.29. The zero-order valence-corrected chi connectivity index (χ0v) is 11.0. The first kappa shape index (κ1) is 13.5. The summed E-state index contributed by atoms with van der Waals surface area (Å²) < 4.78 is 0.793. The third kappa shape index (κ3) is 3.75. The minimum atomic E-state index is -0.405. The molecule has 90 valence electrons. The van der Waals surface area contributed by atoms with Crippen molar-refractivity contribution >= 4 is 27.3 Å². The minimum Gasteiger partial charge on any atom is -0.376 e. The molecule has 1 aromatic carbocycles. The largest absolute Gasteiger partial charge is 0.376 e. The van der Waals surface area contributed by atoms with E-state index in [1.165, 1.54) is 6.07 Å². The summed E-state index contributed by atoms with van der Waals surface area (Å²) in [7, 11) is 0. The molecule has 1 aromatic rings. The maximum atomic E-state index is 10.9. The topological polar surface area (TPSA) is 55.2 Å². The molecule has 0 amide bonds. The summed E-state index contributed by atoms with van der Waals surface area (Å²) in [6.45, 7) is 1.98. The van der Waals surface area contributed by atoms with Gasteiger partial charge in [0, 0.05) is 23.0 Å². The van der Waals surface area contributed by atoms with Crippen LogP contribution < -0.4 is 5.32 Å². The molecule has 0 aromatic heterocycles. The lowest BCUT2D eigenvalue weighted by atomic mass is 10.1. The highest BCUT2D eigenvalue weighted by atomic mass is 79.9. The molecular weight excluding hydrogens is 284 g/mol. The molecule has 17 heavy (non-hydrogen) atoms. The van der Waals surface area contributed by atoms with Crippen LogP contribution in [0.4, 0.5) is 11.4 Å². The van der Waals surface area contributed by atoms with Crippen LogP contribution in [0, 0.1) is 22.5 Å². The van der Waals surface area contributed by atoms with E-state index >= 15 is 0 Å². The maximum Gasteiger partial charge on any atom is 0.292 e. The van der Waals surface area contributed by atoms with E-state index in [9.17, 15) is 10.1 Å². The lowest BCUT2D eigenvalue weighted by molar-refractivity contribution is -0.384. The molecule has 1 N–H and O–H groups in total. The summed E-state index contributed by atoms with van der Waals surface area (Å²) in [6.07, 6.45) is 6.61. The van der Waals surface area contributed by atoms with E-state index in [0.717, 1.165) is 10.9 Å². The van der Waals surface area contributed by atoms with Crippen molar-refractivity contribution in [3.8, 4) is 12.3 Å². The second kappa shape index (κ2) is 6.26. The Morgan fingerprint density at radius 3 is 2.88 bits per heavy atom. The van der Waals surface area contributed by atoms with Gasteiger partial charge in [-0.15, -0.1) is 12.3 Å². The summed E-state index contributed by atoms with van der Waals surface area (Å²) in [6, 6.07) is 4.85. The van der Waals surface area contributed by atoms with Gasteiger partial charge in [-0.05, 0) is 18.6 Å². The van der Waals surface area contributed by atoms with Crippen molar-refractivity contribution in [2.24, 2.45) is 0 Å². The quantitative estimate of drug-likeness (QED) is 0.513. The molecule has 1 unspecified atom stereocenters. The molecule has 1 rings (SSSR count). The van der Waals surface area contributed by atoms with Gasteiger partial charge < -0.3 is 5.32 Å². The minimum absolute atomic E-state index is 0.0491. The SMILES string of the molecule is C#CCC(CC)Nc1cc(Br)ccc1[N+](=O)[O-]. The van der Waals surface area contributed by atoms with Crippen LogP contribution in [0.3, 0.4) is 0 Å². The Kier molecular flexibility index (Phi) is 4.98. The number of nitrogens with zero attached hydrogens (tertiary/aromatic N) is 1. The summed E-state index contributed by atoms with van der Waals surface area (Å²) in [5, 5.41) is 14.0. The number of anilines is 1. The van der Waals surface area contributed by atoms with Crippen molar-refractivity contribution in [3.63, 3.8) is 0 Å². The summed E-state index contributed by atoms with van der Waals surface area (Å²) in [4.78, 5) is 10.5. The highest BCUT2D eigenvalue weighted by Crippen LogP contribution is 2.29. The molecule has 0 aliphatic heterocycles. The van der Waals surface area contributed by atoms with E-state index in [4.69, 9.17) is 6.42 Å². The van der Waals surface area contributed by atoms with Gasteiger partial charge in [0.25, 0.3) is 5.69 Å². The smallest absolute Gasteiger partial charge is 0.292 e. The molecule has 1 atom stereocenters. The van der Waals surface area contributed by atoms with Crippen LogP contribution in [0.25, 0.3) is 0 Å². The number of hydrogen-bond donors (Lipinski definition) is 1. The normalized spacial score (nSPS) is 11.6. The molecule has 5 heteroatoms. The van der Waals surface area contributed by atoms with E-state index in [1.807, 2.05) is 6.92 Å². The van der Waals surface area contributed by atoms with Gasteiger partial charge in [-0.3, -0.25) is 10.1 Å². The van der Waals surface area contributed by atoms with Gasteiger partial charge in [0.05, 0.1) is 4.92 Å². The van der Waals surface area contributed by atoms with Crippen molar-refractivity contribution in [1.82, 2.24) is 0 Å². The van der Waals surface area contributed by atoms with Crippen LogP contribution in [-0.4, -0.2) is 11.0 Å². The number of nitrogens with one attached hydrogen (secondary N) is 1. The molecule has 4 nitrogen and oxygen atoms in total. The van der Waals surface area contributed by atoms with Crippen LogP contribution in [0.15, 0.2) is 22.7 Å². The number of nitro benzene ring substituents is 1. The van der Waals surface area contributed by atoms with Crippen LogP contribution in [0.1, 0.15) is 19.8 Å². The van der Waals surface area contributed by atoms with E-state index in [2.05, 4.69) is 27.2 Å². The van der Waals surface area contributed by atoms with Gasteiger partial charge >= 0.3 is 0 Å². The van der Waals surface area contributed by atoms with Crippen molar-refractivity contribution in [2.75, 3.05) is 5.32 Å². The predicted octanol–water partition coefficient (Wildman–Crippen LogP) is 3.57. The zero-order chi connectivity index (χ0) is 12.8. The Morgan fingerprint density at radius 1 is 1.65 bits per heavy atom. The highest BCUT2D eigenvalue weighted by Gasteiger charge is 2.16. The van der Waals surface area contributed by atoms with Gasteiger partial charge in [-0.2, -0.15) is 0 Å². The Morgan fingerprint density at radius 2 is 2.35 bits per heavy atom. The third-order valence-electron chi connectivity index (χ3n) is 2.37. The van der Waals surface area contributed by atoms with Crippen LogP contribution >= 0.6 is 15.9 Å². The fourth-order valence-electron chi connectivity index (χ4n) is 1.44.